The Labute approximate surface area is 77.4 Å². The van der Waals surface area contributed by atoms with Crippen LogP contribution in [0.4, 0.5) is 0 Å². The number of rotatable bonds is 1. The Morgan fingerprint density at radius 2 is 1.92 bits per heavy atom. The maximum atomic E-state index is 9.08. The molecule has 0 atom stereocenters. The summed E-state index contributed by atoms with van der Waals surface area (Å²) in [4.78, 5) is 1.97. The molecule has 0 aromatic carbocycles. The highest BCUT2D eigenvalue weighted by Crippen LogP contribution is 2.37. The fraction of sp³-hybridized carbons (Fsp3) is 0. The van der Waals surface area contributed by atoms with Crippen molar-refractivity contribution >= 4 is 22.7 Å². The van der Waals surface area contributed by atoms with E-state index < -0.39 is 0 Å². The Bertz CT molecular complexity index is 351. The molecular formula is C8H6O2S2. The van der Waals surface area contributed by atoms with Crippen LogP contribution in [0.5, 0.6) is 10.8 Å². The number of hydrogen-bond donors (Lipinski definition) is 2. The van der Waals surface area contributed by atoms with Crippen molar-refractivity contribution in [2.75, 3.05) is 0 Å². The molecule has 0 aliphatic carbocycles. The average Bonchev–Trinajstić information content (AvgIpc) is 2.58. The Morgan fingerprint density at radius 1 is 1.08 bits per heavy atom. The van der Waals surface area contributed by atoms with Crippen LogP contribution < -0.4 is 0 Å². The number of hydrogen-bond acceptors (Lipinski definition) is 4. The lowest BCUT2D eigenvalue weighted by molar-refractivity contribution is 0.478. The summed E-state index contributed by atoms with van der Waals surface area (Å²) in [5, 5.41) is 20.1. The normalized spacial score (nSPS) is 10.3. The van der Waals surface area contributed by atoms with Gasteiger partial charge in [0.1, 0.15) is 5.75 Å². The summed E-state index contributed by atoms with van der Waals surface area (Å²) in [6.07, 6.45) is 0. The standard InChI is InChI=1S/C8H6O2S2/c9-5-3-7(11-4-5)6-1-2-8(10)12-6/h1-4,9-10H. The molecule has 2 aromatic rings. The molecule has 0 saturated carbocycles. The van der Waals surface area contributed by atoms with Crippen molar-refractivity contribution in [2.45, 2.75) is 0 Å². The highest BCUT2D eigenvalue weighted by molar-refractivity contribution is 7.22. The van der Waals surface area contributed by atoms with Gasteiger partial charge in [0.2, 0.25) is 0 Å². The topological polar surface area (TPSA) is 40.5 Å². The van der Waals surface area contributed by atoms with Crippen LogP contribution in [-0.2, 0) is 0 Å². The van der Waals surface area contributed by atoms with Gasteiger partial charge in [-0.3, -0.25) is 0 Å². The molecule has 0 unspecified atom stereocenters. The van der Waals surface area contributed by atoms with E-state index in [1.807, 2.05) is 6.07 Å². The molecule has 2 heterocycles. The zero-order valence-electron chi connectivity index (χ0n) is 6.02. The summed E-state index contributed by atoms with van der Waals surface area (Å²) in [5.41, 5.74) is 0. The van der Waals surface area contributed by atoms with E-state index >= 15 is 0 Å². The minimum atomic E-state index is 0.280. The van der Waals surface area contributed by atoms with Crippen LogP contribution in [0.25, 0.3) is 9.75 Å². The highest BCUT2D eigenvalue weighted by Gasteiger charge is 2.04. The maximum absolute atomic E-state index is 9.08. The van der Waals surface area contributed by atoms with E-state index in [-0.39, 0.29) is 5.75 Å². The number of thiophene rings is 2. The van der Waals surface area contributed by atoms with Gasteiger partial charge in [-0.1, -0.05) is 11.3 Å². The van der Waals surface area contributed by atoms with E-state index in [1.54, 1.807) is 17.5 Å². The molecule has 4 heteroatoms. The fourth-order valence-electron chi connectivity index (χ4n) is 0.916. The third-order valence-electron chi connectivity index (χ3n) is 1.42. The van der Waals surface area contributed by atoms with Gasteiger partial charge in [-0.15, -0.1) is 11.3 Å². The molecule has 0 bridgehead atoms. The zero-order chi connectivity index (χ0) is 8.55. The molecule has 12 heavy (non-hydrogen) atoms. The summed E-state index contributed by atoms with van der Waals surface area (Å²) in [6.45, 7) is 0. The second-order valence-electron chi connectivity index (χ2n) is 2.31. The molecule has 2 N–H and O–H groups in total. The van der Waals surface area contributed by atoms with Crippen molar-refractivity contribution < 1.29 is 10.2 Å². The molecule has 62 valence electrons. The van der Waals surface area contributed by atoms with Crippen LogP contribution in [0.15, 0.2) is 23.6 Å². The second kappa shape index (κ2) is 2.80. The minimum Gasteiger partial charge on any atom is -0.507 e. The molecule has 0 amide bonds. The van der Waals surface area contributed by atoms with Gasteiger partial charge in [-0.05, 0) is 18.2 Å². The van der Waals surface area contributed by atoms with E-state index in [4.69, 9.17) is 10.2 Å². The molecule has 0 radical (unpaired) electrons. The van der Waals surface area contributed by atoms with Gasteiger partial charge in [0.05, 0.1) is 0 Å². The molecule has 0 aliphatic heterocycles. The van der Waals surface area contributed by atoms with Gasteiger partial charge in [0.25, 0.3) is 0 Å². The molecule has 0 saturated heterocycles. The van der Waals surface area contributed by atoms with Gasteiger partial charge in [-0.2, -0.15) is 0 Å². The maximum Gasteiger partial charge on any atom is 0.171 e. The summed E-state index contributed by atoms with van der Waals surface area (Å²) in [5.74, 6) is 0.280. The molecule has 0 aliphatic rings. The fourth-order valence-corrected chi connectivity index (χ4v) is 2.53. The van der Waals surface area contributed by atoms with Crippen LogP contribution >= 0.6 is 22.7 Å². The molecule has 2 rings (SSSR count). The van der Waals surface area contributed by atoms with Crippen molar-refractivity contribution in [1.82, 2.24) is 0 Å². The Morgan fingerprint density at radius 3 is 2.42 bits per heavy atom. The quantitative estimate of drug-likeness (QED) is 0.739. The molecular weight excluding hydrogens is 192 g/mol. The van der Waals surface area contributed by atoms with Gasteiger partial charge in [0.15, 0.2) is 5.06 Å². The van der Waals surface area contributed by atoms with Crippen molar-refractivity contribution in [3.63, 3.8) is 0 Å². The first-order chi connectivity index (χ1) is 5.75. The highest BCUT2D eigenvalue weighted by atomic mass is 32.1. The van der Waals surface area contributed by atoms with Crippen LogP contribution in [0.3, 0.4) is 0 Å². The Balaban J connectivity index is 2.43. The monoisotopic (exact) mass is 198 g/mol. The molecule has 2 nitrogen and oxygen atoms in total. The zero-order valence-corrected chi connectivity index (χ0v) is 7.65. The largest absolute Gasteiger partial charge is 0.507 e. The van der Waals surface area contributed by atoms with Gasteiger partial charge >= 0.3 is 0 Å². The van der Waals surface area contributed by atoms with E-state index in [1.165, 1.54) is 22.7 Å². The lowest BCUT2D eigenvalue weighted by Crippen LogP contribution is -1.56. The van der Waals surface area contributed by atoms with Crippen LogP contribution in [0.1, 0.15) is 0 Å². The predicted molar refractivity (Wildman–Crippen MR) is 51.0 cm³/mol. The minimum absolute atomic E-state index is 0.280. The van der Waals surface area contributed by atoms with Crippen LogP contribution in [-0.4, -0.2) is 10.2 Å². The molecule has 0 fully saturated rings. The average molecular weight is 198 g/mol. The van der Waals surface area contributed by atoms with Crippen LogP contribution in [0, 0.1) is 0 Å². The smallest absolute Gasteiger partial charge is 0.171 e. The van der Waals surface area contributed by atoms with Crippen molar-refractivity contribution in [3.05, 3.63) is 23.6 Å². The van der Waals surface area contributed by atoms with Crippen LogP contribution in [0.2, 0.25) is 0 Å². The third-order valence-corrected chi connectivity index (χ3v) is 3.42. The summed E-state index contributed by atoms with van der Waals surface area (Å²) in [7, 11) is 0. The first-order valence-electron chi connectivity index (χ1n) is 3.32. The molecule has 0 spiro atoms. The summed E-state index contributed by atoms with van der Waals surface area (Å²) < 4.78 is 0. The second-order valence-corrected chi connectivity index (χ2v) is 4.28. The lowest BCUT2D eigenvalue weighted by Gasteiger charge is -1.85. The third kappa shape index (κ3) is 1.31. The van der Waals surface area contributed by atoms with Gasteiger partial charge in [-0.25, -0.2) is 0 Å². The predicted octanol–water partition coefficient (Wildman–Crippen LogP) is 2.89. The SMILES string of the molecule is Oc1csc(-c2ccc(O)s2)c1. The van der Waals surface area contributed by atoms with E-state index in [0.717, 1.165) is 9.75 Å². The van der Waals surface area contributed by atoms with Crippen molar-refractivity contribution in [1.29, 1.82) is 0 Å². The van der Waals surface area contributed by atoms with Gasteiger partial charge < -0.3 is 10.2 Å². The Hall–Kier alpha value is -1.00. The van der Waals surface area contributed by atoms with E-state index in [9.17, 15) is 0 Å². The van der Waals surface area contributed by atoms with Gasteiger partial charge in [0, 0.05) is 15.1 Å². The first-order valence-corrected chi connectivity index (χ1v) is 5.02. The van der Waals surface area contributed by atoms with Crippen molar-refractivity contribution in [3.8, 4) is 20.6 Å². The summed E-state index contributed by atoms with van der Waals surface area (Å²) >= 11 is 2.77. The first kappa shape index (κ1) is 7.64. The number of aromatic hydroxyl groups is 2. The Kier molecular flexibility index (Phi) is 1.78. The van der Waals surface area contributed by atoms with E-state index in [0.29, 0.717) is 5.06 Å². The molecule has 2 aromatic heterocycles. The van der Waals surface area contributed by atoms with E-state index in [2.05, 4.69) is 0 Å². The summed E-state index contributed by atoms with van der Waals surface area (Å²) in [6, 6.07) is 5.18. The lowest BCUT2D eigenvalue weighted by atomic mass is 10.4. The van der Waals surface area contributed by atoms with Crippen molar-refractivity contribution in [2.24, 2.45) is 0 Å².